The van der Waals surface area contributed by atoms with Crippen molar-refractivity contribution in [2.75, 3.05) is 0 Å². The predicted octanol–water partition coefficient (Wildman–Crippen LogP) is 7.95. The number of carbonyl (C=O) groups excluding carboxylic acids is 1. The fourth-order valence-electron chi connectivity index (χ4n) is 2.64. The molecule has 154 valence electrons. The van der Waals surface area contributed by atoms with E-state index in [0.29, 0.717) is 12.3 Å². The van der Waals surface area contributed by atoms with Gasteiger partial charge in [0.25, 0.3) is 0 Å². The molecule has 0 aromatic carbocycles. The summed E-state index contributed by atoms with van der Waals surface area (Å²) in [4.78, 5) is 11.5. The fourth-order valence-corrected chi connectivity index (χ4v) is 2.64. The number of carbonyl (C=O) groups is 1. The SMILES string of the molecule is CC(=O)CC(C)C(C)(C)C(C)(C)/C=C/C=C\C=C\C=C\C(C)(C)C(C)(C)C. The third-order valence-corrected chi connectivity index (χ3v) is 7.00. The fraction of sp³-hybridized carbons (Fsp3) is 0.654. The van der Waals surface area contributed by atoms with Crippen LogP contribution >= 0.6 is 0 Å². The summed E-state index contributed by atoms with van der Waals surface area (Å²) in [5.74, 6) is 0.609. The first-order valence-corrected chi connectivity index (χ1v) is 10.2. The molecule has 0 saturated carbocycles. The molecule has 0 radical (unpaired) electrons. The molecule has 0 N–H and O–H groups in total. The van der Waals surface area contributed by atoms with Crippen molar-refractivity contribution >= 4 is 5.78 Å². The number of rotatable bonds is 9. The molecular formula is C26H44O. The van der Waals surface area contributed by atoms with Gasteiger partial charge in [0.1, 0.15) is 5.78 Å². The van der Waals surface area contributed by atoms with Gasteiger partial charge in [-0.05, 0) is 34.5 Å². The lowest BCUT2D eigenvalue weighted by Crippen LogP contribution is -2.37. The second-order valence-electron chi connectivity index (χ2n) is 10.7. The van der Waals surface area contributed by atoms with Gasteiger partial charge in [-0.1, -0.05) is 118 Å². The van der Waals surface area contributed by atoms with E-state index in [2.05, 4.69) is 118 Å². The number of hydrogen-bond acceptors (Lipinski definition) is 1. The van der Waals surface area contributed by atoms with Gasteiger partial charge < -0.3 is 4.79 Å². The monoisotopic (exact) mass is 372 g/mol. The minimum Gasteiger partial charge on any atom is -0.300 e. The summed E-state index contributed by atoms with van der Waals surface area (Å²) in [6.45, 7) is 24.2. The van der Waals surface area contributed by atoms with Crippen molar-refractivity contribution in [1.29, 1.82) is 0 Å². The molecule has 27 heavy (non-hydrogen) atoms. The Labute approximate surface area is 169 Å². The Morgan fingerprint density at radius 3 is 1.44 bits per heavy atom. The molecule has 0 aliphatic heterocycles. The van der Waals surface area contributed by atoms with Crippen LogP contribution < -0.4 is 0 Å². The molecular weight excluding hydrogens is 328 g/mol. The first-order chi connectivity index (χ1) is 12.0. The summed E-state index contributed by atoms with van der Waals surface area (Å²) in [7, 11) is 0. The van der Waals surface area contributed by atoms with Crippen LogP contribution in [0.25, 0.3) is 0 Å². The Bertz CT molecular complexity index is 586. The van der Waals surface area contributed by atoms with Gasteiger partial charge in [-0.25, -0.2) is 0 Å². The summed E-state index contributed by atoms with van der Waals surface area (Å²) >= 11 is 0. The van der Waals surface area contributed by atoms with Crippen molar-refractivity contribution in [2.45, 2.75) is 82.6 Å². The molecule has 0 rings (SSSR count). The molecule has 0 spiro atoms. The molecule has 0 aliphatic rings. The normalized spacial score (nSPS) is 16.3. The van der Waals surface area contributed by atoms with Crippen LogP contribution in [-0.2, 0) is 4.79 Å². The molecule has 1 unspecified atom stereocenters. The molecule has 0 heterocycles. The maximum Gasteiger partial charge on any atom is 0.130 e. The van der Waals surface area contributed by atoms with Gasteiger partial charge in [0, 0.05) is 6.42 Å². The zero-order valence-electron chi connectivity index (χ0n) is 19.8. The zero-order chi connectivity index (χ0) is 21.5. The summed E-state index contributed by atoms with van der Waals surface area (Å²) in [5, 5.41) is 0. The third kappa shape index (κ3) is 8.03. The predicted molar refractivity (Wildman–Crippen MR) is 122 cm³/mol. The maximum absolute atomic E-state index is 11.5. The topological polar surface area (TPSA) is 17.1 Å². The van der Waals surface area contributed by atoms with Crippen molar-refractivity contribution in [1.82, 2.24) is 0 Å². The molecule has 1 nitrogen and oxygen atoms in total. The first-order valence-electron chi connectivity index (χ1n) is 10.2. The number of Topliss-reactive ketones (excluding diaryl/α,β-unsaturated/α-hetero) is 1. The van der Waals surface area contributed by atoms with E-state index in [0.717, 1.165) is 0 Å². The van der Waals surface area contributed by atoms with Gasteiger partial charge in [0.15, 0.2) is 0 Å². The van der Waals surface area contributed by atoms with Crippen LogP contribution in [0.15, 0.2) is 48.6 Å². The van der Waals surface area contributed by atoms with E-state index < -0.39 is 0 Å². The highest BCUT2D eigenvalue weighted by atomic mass is 16.1. The largest absolute Gasteiger partial charge is 0.300 e. The number of ketones is 1. The Hall–Kier alpha value is -1.37. The van der Waals surface area contributed by atoms with E-state index in [1.54, 1.807) is 6.92 Å². The van der Waals surface area contributed by atoms with E-state index in [-0.39, 0.29) is 27.4 Å². The standard InChI is InChI=1S/C26H44O/c1-21(20-22(2)27)26(10,11)25(8,9)19-17-15-13-12-14-16-18-24(6,7)23(3,4)5/h12-19,21H,20H2,1-11H3/b14-12+,15-13-,18-16+,19-17+. The molecule has 0 fully saturated rings. The number of allylic oxidation sites excluding steroid dienone is 8. The van der Waals surface area contributed by atoms with Crippen molar-refractivity contribution in [3.05, 3.63) is 48.6 Å². The summed E-state index contributed by atoms with van der Waals surface area (Å²) in [5.41, 5.74) is 0.452. The average Bonchev–Trinajstić information content (AvgIpc) is 2.47. The molecule has 0 amide bonds. The van der Waals surface area contributed by atoms with Crippen LogP contribution in [0.1, 0.15) is 82.6 Å². The molecule has 0 saturated heterocycles. The number of hydrogen-bond donors (Lipinski definition) is 0. The molecule has 0 aromatic heterocycles. The van der Waals surface area contributed by atoms with Crippen LogP contribution in [0.3, 0.4) is 0 Å². The smallest absolute Gasteiger partial charge is 0.130 e. The van der Waals surface area contributed by atoms with Gasteiger partial charge in [0.2, 0.25) is 0 Å². The first kappa shape index (κ1) is 25.6. The van der Waals surface area contributed by atoms with Gasteiger partial charge >= 0.3 is 0 Å². The highest BCUT2D eigenvalue weighted by Gasteiger charge is 2.39. The lowest BCUT2D eigenvalue weighted by molar-refractivity contribution is -0.119. The maximum atomic E-state index is 11.5. The highest BCUT2D eigenvalue weighted by molar-refractivity contribution is 5.75. The molecule has 0 aromatic rings. The van der Waals surface area contributed by atoms with E-state index in [1.807, 2.05) is 0 Å². The van der Waals surface area contributed by atoms with E-state index in [1.165, 1.54) is 0 Å². The Morgan fingerprint density at radius 1 is 0.704 bits per heavy atom. The van der Waals surface area contributed by atoms with Crippen LogP contribution in [0.2, 0.25) is 0 Å². The van der Waals surface area contributed by atoms with Crippen LogP contribution in [-0.4, -0.2) is 5.78 Å². The summed E-state index contributed by atoms with van der Waals surface area (Å²) in [6.07, 6.45) is 17.7. The average molecular weight is 373 g/mol. The molecule has 1 heteroatoms. The van der Waals surface area contributed by atoms with Crippen LogP contribution in [0.5, 0.6) is 0 Å². The lowest BCUT2D eigenvalue weighted by atomic mass is 9.60. The second-order valence-corrected chi connectivity index (χ2v) is 10.7. The lowest BCUT2D eigenvalue weighted by Gasteiger charge is -2.44. The van der Waals surface area contributed by atoms with Crippen molar-refractivity contribution in [2.24, 2.45) is 27.6 Å². The van der Waals surface area contributed by atoms with Gasteiger partial charge in [-0.2, -0.15) is 0 Å². The van der Waals surface area contributed by atoms with Crippen molar-refractivity contribution in [3.8, 4) is 0 Å². The molecule has 0 aliphatic carbocycles. The molecule has 0 bridgehead atoms. The Kier molecular flexibility index (Phi) is 9.22. The van der Waals surface area contributed by atoms with Crippen LogP contribution in [0.4, 0.5) is 0 Å². The van der Waals surface area contributed by atoms with E-state index in [4.69, 9.17) is 0 Å². The van der Waals surface area contributed by atoms with Crippen molar-refractivity contribution < 1.29 is 4.79 Å². The summed E-state index contributed by atoms with van der Waals surface area (Å²) < 4.78 is 0. The van der Waals surface area contributed by atoms with E-state index >= 15 is 0 Å². The van der Waals surface area contributed by atoms with Gasteiger partial charge in [-0.15, -0.1) is 0 Å². The Balaban J connectivity index is 4.86. The quantitative estimate of drug-likeness (QED) is 0.375. The minimum absolute atomic E-state index is 0.00650. The molecule has 1 atom stereocenters. The second kappa shape index (κ2) is 9.71. The summed E-state index contributed by atoms with van der Waals surface area (Å²) in [6, 6.07) is 0. The van der Waals surface area contributed by atoms with E-state index in [9.17, 15) is 4.79 Å². The van der Waals surface area contributed by atoms with Crippen molar-refractivity contribution in [3.63, 3.8) is 0 Å². The highest BCUT2D eigenvalue weighted by Crippen LogP contribution is 2.46. The minimum atomic E-state index is 0.00650. The zero-order valence-corrected chi connectivity index (χ0v) is 19.8. The Morgan fingerprint density at radius 2 is 1.07 bits per heavy atom. The van der Waals surface area contributed by atoms with Crippen LogP contribution in [0, 0.1) is 27.6 Å². The third-order valence-electron chi connectivity index (χ3n) is 7.00. The van der Waals surface area contributed by atoms with Gasteiger partial charge in [-0.3, -0.25) is 0 Å². The van der Waals surface area contributed by atoms with Gasteiger partial charge in [0.05, 0.1) is 0 Å².